The molecule has 1 aliphatic heterocycles. The summed E-state index contributed by atoms with van der Waals surface area (Å²) in [6.45, 7) is 3.79. The molecule has 2 aromatic heterocycles. The van der Waals surface area contributed by atoms with E-state index in [-0.39, 0.29) is 11.7 Å². The van der Waals surface area contributed by atoms with Crippen LogP contribution >= 0.6 is 0 Å². The van der Waals surface area contributed by atoms with E-state index in [0.717, 1.165) is 43.1 Å². The Morgan fingerprint density at radius 3 is 2.24 bits per heavy atom. The molecule has 0 radical (unpaired) electrons. The van der Waals surface area contributed by atoms with E-state index in [1.165, 1.54) is 12.1 Å². The van der Waals surface area contributed by atoms with Crippen molar-refractivity contribution in [3.8, 4) is 0 Å². The number of pyridine rings is 2. The molecule has 1 saturated heterocycles. The Bertz CT molecular complexity index is 939. The van der Waals surface area contributed by atoms with Crippen molar-refractivity contribution in [1.82, 2.24) is 15.3 Å². The van der Waals surface area contributed by atoms with Crippen LogP contribution in [0.5, 0.6) is 0 Å². The van der Waals surface area contributed by atoms with E-state index >= 15 is 0 Å². The van der Waals surface area contributed by atoms with Gasteiger partial charge in [0.25, 0.3) is 5.91 Å². The molecule has 3 aromatic rings. The first-order valence-electron chi connectivity index (χ1n) is 9.58. The van der Waals surface area contributed by atoms with Gasteiger partial charge in [-0.15, -0.1) is 0 Å². The highest BCUT2D eigenvalue weighted by molar-refractivity contribution is 5.92. The fourth-order valence-corrected chi connectivity index (χ4v) is 3.36. The van der Waals surface area contributed by atoms with Crippen molar-refractivity contribution >= 4 is 17.3 Å². The third kappa shape index (κ3) is 4.68. The highest BCUT2D eigenvalue weighted by Gasteiger charge is 2.18. The van der Waals surface area contributed by atoms with Crippen molar-refractivity contribution in [3.05, 3.63) is 84.2 Å². The minimum atomic E-state index is -0.219. The number of nitrogens with one attached hydrogen (secondary N) is 1. The predicted molar refractivity (Wildman–Crippen MR) is 110 cm³/mol. The summed E-state index contributed by atoms with van der Waals surface area (Å²) < 4.78 is 13.1. The lowest BCUT2D eigenvalue weighted by Gasteiger charge is -2.37. The average molecular weight is 391 g/mol. The van der Waals surface area contributed by atoms with Crippen LogP contribution in [0.3, 0.4) is 0 Å². The zero-order chi connectivity index (χ0) is 20.1. The lowest BCUT2D eigenvalue weighted by atomic mass is 10.2. The number of aromatic nitrogens is 2. The zero-order valence-corrected chi connectivity index (χ0v) is 16.0. The van der Waals surface area contributed by atoms with Crippen LogP contribution in [-0.4, -0.2) is 42.1 Å². The summed E-state index contributed by atoms with van der Waals surface area (Å²) in [5.41, 5.74) is 3.36. The number of hydrogen-bond donors (Lipinski definition) is 1. The highest BCUT2D eigenvalue weighted by Crippen LogP contribution is 2.20. The molecule has 1 fully saturated rings. The monoisotopic (exact) mass is 391 g/mol. The first-order valence-corrected chi connectivity index (χ1v) is 9.58. The first-order chi connectivity index (χ1) is 14.2. The van der Waals surface area contributed by atoms with Crippen molar-refractivity contribution in [2.75, 3.05) is 36.0 Å². The molecular formula is C22H22FN5O. The number of nitrogens with zero attached hydrogens (tertiary/aromatic N) is 4. The van der Waals surface area contributed by atoms with Crippen LogP contribution in [0.2, 0.25) is 0 Å². The lowest BCUT2D eigenvalue weighted by molar-refractivity contribution is 0.0946. The van der Waals surface area contributed by atoms with Gasteiger partial charge in [0.15, 0.2) is 0 Å². The van der Waals surface area contributed by atoms with Crippen LogP contribution in [0.25, 0.3) is 0 Å². The molecule has 148 valence electrons. The molecule has 1 aromatic carbocycles. The maximum atomic E-state index is 13.1. The van der Waals surface area contributed by atoms with E-state index in [4.69, 9.17) is 0 Å². The van der Waals surface area contributed by atoms with E-state index in [1.54, 1.807) is 24.7 Å². The smallest absolute Gasteiger partial charge is 0.270 e. The Balaban J connectivity index is 1.31. The van der Waals surface area contributed by atoms with Gasteiger partial charge in [-0.1, -0.05) is 6.07 Å². The topological polar surface area (TPSA) is 61.4 Å². The standard InChI is InChI=1S/C22H22FN5O/c23-18-3-5-19(6-4-18)27-10-12-28(13-11-27)20-7-8-21(25-16-20)22(29)26-15-17-2-1-9-24-14-17/h1-9,14,16H,10-13,15H2,(H,26,29). The van der Waals surface area contributed by atoms with E-state index in [9.17, 15) is 9.18 Å². The number of hydrogen-bond acceptors (Lipinski definition) is 5. The summed E-state index contributed by atoms with van der Waals surface area (Å²) in [4.78, 5) is 25.1. The van der Waals surface area contributed by atoms with Gasteiger partial charge in [0, 0.05) is 50.8 Å². The summed E-state index contributed by atoms with van der Waals surface area (Å²) in [7, 11) is 0. The van der Waals surface area contributed by atoms with Gasteiger partial charge in [-0.05, 0) is 48.0 Å². The Kier molecular flexibility index (Phi) is 5.65. The number of piperazine rings is 1. The molecular weight excluding hydrogens is 369 g/mol. The molecule has 0 bridgehead atoms. The van der Waals surface area contributed by atoms with Crippen LogP contribution in [0.1, 0.15) is 16.1 Å². The van der Waals surface area contributed by atoms with Crippen LogP contribution in [0.4, 0.5) is 15.8 Å². The van der Waals surface area contributed by atoms with Gasteiger partial charge in [-0.2, -0.15) is 0 Å². The summed E-state index contributed by atoms with van der Waals surface area (Å²) >= 11 is 0. The largest absolute Gasteiger partial charge is 0.368 e. The predicted octanol–water partition coefficient (Wildman–Crippen LogP) is 2.87. The van der Waals surface area contributed by atoms with Gasteiger partial charge < -0.3 is 15.1 Å². The van der Waals surface area contributed by atoms with Gasteiger partial charge in [-0.25, -0.2) is 9.37 Å². The van der Waals surface area contributed by atoms with Crippen LogP contribution in [0.15, 0.2) is 67.1 Å². The molecule has 4 rings (SSSR count). The maximum absolute atomic E-state index is 13.1. The number of anilines is 2. The van der Waals surface area contributed by atoms with E-state index in [2.05, 4.69) is 25.1 Å². The van der Waals surface area contributed by atoms with Crippen molar-refractivity contribution in [1.29, 1.82) is 0 Å². The molecule has 6 nitrogen and oxygen atoms in total. The average Bonchev–Trinajstić information content (AvgIpc) is 2.79. The van der Waals surface area contributed by atoms with E-state index < -0.39 is 0 Å². The van der Waals surface area contributed by atoms with Gasteiger partial charge in [0.1, 0.15) is 11.5 Å². The highest BCUT2D eigenvalue weighted by atomic mass is 19.1. The number of carbonyl (C=O) groups is 1. The molecule has 1 amide bonds. The fourth-order valence-electron chi connectivity index (χ4n) is 3.36. The van der Waals surface area contributed by atoms with Crippen LogP contribution in [0, 0.1) is 5.82 Å². The van der Waals surface area contributed by atoms with Gasteiger partial charge >= 0.3 is 0 Å². The summed E-state index contributed by atoms with van der Waals surface area (Å²) in [6, 6.07) is 14.0. The van der Waals surface area contributed by atoms with Crippen LogP contribution < -0.4 is 15.1 Å². The quantitative estimate of drug-likeness (QED) is 0.725. The lowest BCUT2D eigenvalue weighted by Crippen LogP contribution is -2.46. The number of benzene rings is 1. The second kappa shape index (κ2) is 8.68. The number of halogens is 1. The molecule has 0 atom stereocenters. The summed E-state index contributed by atoms with van der Waals surface area (Å²) in [5.74, 6) is -0.426. The summed E-state index contributed by atoms with van der Waals surface area (Å²) in [6.07, 6.45) is 5.17. The van der Waals surface area contributed by atoms with E-state index in [1.807, 2.05) is 30.3 Å². The molecule has 0 saturated carbocycles. The molecule has 3 heterocycles. The first kappa shape index (κ1) is 18.9. The molecule has 0 aliphatic carbocycles. The van der Waals surface area contributed by atoms with Gasteiger partial charge in [-0.3, -0.25) is 9.78 Å². The minimum Gasteiger partial charge on any atom is -0.368 e. The molecule has 1 aliphatic rings. The maximum Gasteiger partial charge on any atom is 0.270 e. The van der Waals surface area contributed by atoms with Crippen LogP contribution in [-0.2, 0) is 6.54 Å². The van der Waals surface area contributed by atoms with Crippen molar-refractivity contribution < 1.29 is 9.18 Å². The number of rotatable bonds is 5. The molecule has 29 heavy (non-hydrogen) atoms. The SMILES string of the molecule is O=C(NCc1cccnc1)c1ccc(N2CCN(c3ccc(F)cc3)CC2)cn1. The van der Waals surface area contributed by atoms with Gasteiger partial charge in [0.2, 0.25) is 0 Å². The Hall–Kier alpha value is -3.48. The second-order valence-corrected chi connectivity index (χ2v) is 6.90. The summed E-state index contributed by atoms with van der Waals surface area (Å²) in [5, 5.41) is 2.85. The number of amides is 1. The number of carbonyl (C=O) groups excluding carboxylic acids is 1. The normalized spacial score (nSPS) is 14.0. The molecule has 7 heteroatoms. The van der Waals surface area contributed by atoms with Gasteiger partial charge in [0.05, 0.1) is 11.9 Å². The third-order valence-electron chi connectivity index (χ3n) is 4.99. The van der Waals surface area contributed by atoms with Crippen molar-refractivity contribution in [3.63, 3.8) is 0 Å². The van der Waals surface area contributed by atoms with Crippen molar-refractivity contribution in [2.24, 2.45) is 0 Å². The van der Waals surface area contributed by atoms with E-state index in [0.29, 0.717) is 12.2 Å². The molecule has 0 unspecified atom stereocenters. The molecule has 0 spiro atoms. The Morgan fingerprint density at radius 1 is 0.931 bits per heavy atom. The second-order valence-electron chi connectivity index (χ2n) is 6.90. The third-order valence-corrected chi connectivity index (χ3v) is 4.99. The zero-order valence-electron chi connectivity index (χ0n) is 16.0. The minimum absolute atomic E-state index is 0.207. The van der Waals surface area contributed by atoms with Crippen molar-refractivity contribution in [2.45, 2.75) is 6.54 Å². The molecule has 1 N–H and O–H groups in total. The fraction of sp³-hybridized carbons (Fsp3) is 0.227. The Morgan fingerprint density at radius 2 is 1.62 bits per heavy atom. The Labute approximate surface area is 169 Å².